The van der Waals surface area contributed by atoms with Crippen LogP contribution >= 0.6 is 0 Å². The molecule has 1 aromatic carbocycles. The molecule has 35 heavy (non-hydrogen) atoms. The lowest BCUT2D eigenvalue weighted by atomic mass is 9.97. The van der Waals surface area contributed by atoms with Crippen LogP contribution in [0.15, 0.2) is 41.3 Å². The lowest BCUT2D eigenvalue weighted by Gasteiger charge is -2.30. The van der Waals surface area contributed by atoms with Crippen LogP contribution in [0.1, 0.15) is 36.8 Å². The van der Waals surface area contributed by atoms with Gasteiger partial charge in [-0.25, -0.2) is 18.4 Å². The number of piperidine rings is 1. The van der Waals surface area contributed by atoms with Crippen molar-refractivity contribution in [3.63, 3.8) is 0 Å². The van der Waals surface area contributed by atoms with Crippen LogP contribution in [-0.4, -0.2) is 58.1 Å². The van der Waals surface area contributed by atoms with Crippen molar-refractivity contribution in [2.45, 2.75) is 45.4 Å². The van der Waals surface area contributed by atoms with Gasteiger partial charge in [-0.3, -0.25) is 4.79 Å². The SMILES string of the molecule is CCOc1ccc(S(=O)(=O)N2CCC(C(=O)Nc3cc(C)nn3-c3nc(C)cc(C)n3)CC2)cc1. The number of nitrogens with one attached hydrogen (secondary N) is 1. The lowest BCUT2D eigenvalue weighted by molar-refractivity contribution is -0.120. The molecule has 4 rings (SSSR count). The van der Waals surface area contributed by atoms with E-state index < -0.39 is 10.0 Å². The van der Waals surface area contributed by atoms with E-state index in [2.05, 4.69) is 20.4 Å². The number of hydrogen-bond acceptors (Lipinski definition) is 7. The van der Waals surface area contributed by atoms with Gasteiger partial charge in [-0.2, -0.15) is 14.1 Å². The van der Waals surface area contributed by atoms with Gasteiger partial charge >= 0.3 is 0 Å². The Kier molecular flexibility index (Phi) is 7.18. The quantitative estimate of drug-likeness (QED) is 0.532. The maximum absolute atomic E-state index is 13.0. The van der Waals surface area contributed by atoms with Gasteiger partial charge in [-0.05, 0) is 70.9 Å². The van der Waals surface area contributed by atoms with Crippen molar-refractivity contribution in [3.05, 3.63) is 53.5 Å². The third kappa shape index (κ3) is 5.51. The van der Waals surface area contributed by atoms with Crippen LogP contribution in [0.4, 0.5) is 5.82 Å². The second-order valence-corrected chi connectivity index (χ2v) is 10.5. The number of ether oxygens (including phenoxy) is 1. The Morgan fingerprint density at radius 2 is 1.66 bits per heavy atom. The summed E-state index contributed by atoms with van der Waals surface area (Å²) in [7, 11) is -3.63. The maximum atomic E-state index is 13.0. The van der Waals surface area contributed by atoms with Crippen molar-refractivity contribution in [1.82, 2.24) is 24.1 Å². The average Bonchev–Trinajstić information content (AvgIpc) is 3.19. The summed E-state index contributed by atoms with van der Waals surface area (Å²) in [5, 5.41) is 7.38. The summed E-state index contributed by atoms with van der Waals surface area (Å²) in [6, 6.07) is 10.1. The molecule has 0 radical (unpaired) electrons. The van der Waals surface area contributed by atoms with Crippen LogP contribution in [-0.2, 0) is 14.8 Å². The number of aryl methyl sites for hydroxylation is 3. The molecule has 0 bridgehead atoms. The predicted molar refractivity (Wildman–Crippen MR) is 131 cm³/mol. The first-order valence-electron chi connectivity index (χ1n) is 11.6. The molecule has 1 N–H and O–H groups in total. The molecular weight excluding hydrogens is 468 g/mol. The number of carbonyl (C=O) groups is 1. The van der Waals surface area contributed by atoms with Crippen LogP contribution in [0.2, 0.25) is 0 Å². The molecule has 0 saturated carbocycles. The molecule has 0 aliphatic carbocycles. The number of sulfonamides is 1. The molecule has 1 aliphatic rings. The highest BCUT2D eigenvalue weighted by Crippen LogP contribution is 2.26. The van der Waals surface area contributed by atoms with Crippen molar-refractivity contribution in [1.29, 1.82) is 0 Å². The van der Waals surface area contributed by atoms with Crippen LogP contribution in [0.25, 0.3) is 5.95 Å². The molecule has 2 aromatic heterocycles. The molecular formula is C24H30N6O4S. The molecule has 0 spiro atoms. The second-order valence-electron chi connectivity index (χ2n) is 8.61. The van der Waals surface area contributed by atoms with E-state index in [0.29, 0.717) is 37.0 Å². The first-order valence-corrected chi connectivity index (χ1v) is 13.0. The fourth-order valence-electron chi connectivity index (χ4n) is 4.15. The van der Waals surface area contributed by atoms with Gasteiger partial charge in [0.2, 0.25) is 15.9 Å². The van der Waals surface area contributed by atoms with Gasteiger partial charge in [-0.1, -0.05) is 0 Å². The van der Waals surface area contributed by atoms with E-state index in [9.17, 15) is 13.2 Å². The average molecular weight is 499 g/mol. The zero-order valence-electron chi connectivity index (χ0n) is 20.4. The van der Waals surface area contributed by atoms with Crippen molar-refractivity contribution in [3.8, 4) is 11.7 Å². The van der Waals surface area contributed by atoms with Gasteiger partial charge in [0.1, 0.15) is 11.6 Å². The van der Waals surface area contributed by atoms with E-state index in [1.54, 1.807) is 30.3 Å². The molecule has 1 saturated heterocycles. The lowest BCUT2D eigenvalue weighted by Crippen LogP contribution is -2.41. The Labute approximate surface area is 205 Å². The molecule has 1 fully saturated rings. The van der Waals surface area contributed by atoms with Crippen molar-refractivity contribution >= 4 is 21.7 Å². The highest BCUT2D eigenvalue weighted by atomic mass is 32.2. The second kappa shape index (κ2) is 10.1. The number of carbonyl (C=O) groups excluding carboxylic acids is 1. The molecule has 3 aromatic rings. The van der Waals surface area contributed by atoms with Crippen molar-refractivity contribution in [2.24, 2.45) is 5.92 Å². The smallest absolute Gasteiger partial charge is 0.252 e. The van der Waals surface area contributed by atoms with E-state index in [0.717, 1.165) is 17.1 Å². The largest absolute Gasteiger partial charge is 0.494 e. The molecule has 0 atom stereocenters. The molecule has 1 amide bonds. The number of amides is 1. The molecule has 11 heteroatoms. The summed E-state index contributed by atoms with van der Waals surface area (Å²) in [6.07, 6.45) is 0.852. The summed E-state index contributed by atoms with van der Waals surface area (Å²) in [6.45, 7) is 8.51. The Morgan fingerprint density at radius 3 is 2.26 bits per heavy atom. The van der Waals surface area contributed by atoms with Crippen molar-refractivity contribution in [2.75, 3.05) is 25.0 Å². The van der Waals surface area contributed by atoms with Crippen LogP contribution in [0.3, 0.4) is 0 Å². The fraction of sp³-hybridized carbons (Fsp3) is 0.417. The fourth-order valence-corrected chi connectivity index (χ4v) is 5.62. The number of hydrogen-bond donors (Lipinski definition) is 1. The molecule has 0 unspecified atom stereocenters. The minimum Gasteiger partial charge on any atom is -0.494 e. The minimum atomic E-state index is -3.63. The van der Waals surface area contributed by atoms with Gasteiger partial charge in [0, 0.05) is 36.5 Å². The summed E-state index contributed by atoms with van der Waals surface area (Å²) in [5.74, 6) is 1.02. The van der Waals surface area contributed by atoms with Gasteiger partial charge in [0.15, 0.2) is 0 Å². The molecule has 3 heterocycles. The zero-order chi connectivity index (χ0) is 25.2. The highest BCUT2D eigenvalue weighted by molar-refractivity contribution is 7.89. The van der Waals surface area contributed by atoms with Gasteiger partial charge in [0.25, 0.3) is 5.95 Å². The van der Waals surface area contributed by atoms with Gasteiger partial charge in [-0.15, -0.1) is 0 Å². The molecule has 1 aliphatic heterocycles. The zero-order valence-corrected chi connectivity index (χ0v) is 21.2. The monoisotopic (exact) mass is 498 g/mol. The Bertz CT molecular complexity index is 1290. The standard InChI is InChI=1S/C24H30N6O4S/c1-5-34-20-6-8-21(9-7-20)35(32,33)29-12-10-19(11-13-29)23(31)27-22-15-18(4)28-30(22)24-25-16(2)14-17(3)26-24/h6-9,14-15,19H,5,10-13H2,1-4H3,(H,27,31). The molecule has 10 nitrogen and oxygen atoms in total. The van der Waals surface area contributed by atoms with E-state index in [1.165, 1.54) is 8.99 Å². The number of anilines is 1. The van der Waals surface area contributed by atoms with E-state index in [4.69, 9.17) is 4.74 Å². The van der Waals surface area contributed by atoms with E-state index in [-0.39, 0.29) is 29.8 Å². The Balaban J connectivity index is 1.42. The third-order valence-electron chi connectivity index (χ3n) is 5.84. The number of nitrogens with zero attached hydrogens (tertiary/aromatic N) is 5. The van der Waals surface area contributed by atoms with E-state index in [1.807, 2.05) is 33.8 Å². The van der Waals surface area contributed by atoms with Crippen molar-refractivity contribution < 1.29 is 17.9 Å². The van der Waals surface area contributed by atoms with Crippen LogP contribution in [0.5, 0.6) is 5.75 Å². The summed E-state index contributed by atoms with van der Waals surface area (Å²) < 4.78 is 34.4. The van der Waals surface area contributed by atoms with Gasteiger partial charge in [0.05, 0.1) is 17.2 Å². The minimum absolute atomic E-state index is 0.173. The maximum Gasteiger partial charge on any atom is 0.252 e. The third-order valence-corrected chi connectivity index (χ3v) is 7.75. The topological polar surface area (TPSA) is 119 Å². The number of benzene rings is 1. The number of rotatable bonds is 7. The first kappa shape index (κ1) is 24.8. The summed E-state index contributed by atoms with van der Waals surface area (Å²) in [4.78, 5) is 22.1. The predicted octanol–water partition coefficient (Wildman–Crippen LogP) is 3.03. The number of aromatic nitrogens is 4. The highest BCUT2D eigenvalue weighted by Gasteiger charge is 2.32. The van der Waals surface area contributed by atoms with Crippen LogP contribution in [0, 0.1) is 26.7 Å². The first-order chi connectivity index (χ1) is 16.7. The van der Waals surface area contributed by atoms with Crippen LogP contribution < -0.4 is 10.1 Å². The summed E-state index contributed by atoms with van der Waals surface area (Å²) >= 11 is 0. The Hall–Kier alpha value is -3.31. The van der Waals surface area contributed by atoms with E-state index >= 15 is 0 Å². The summed E-state index contributed by atoms with van der Waals surface area (Å²) in [5.41, 5.74) is 2.33. The normalized spacial score (nSPS) is 15.2. The molecule has 186 valence electrons. The Morgan fingerprint density at radius 1 is 1.03 bits per heavy atom. The van der Waals surface area contributed by atoms with Gasteiger partial charge < -0.3 is 10.1 Å².